The molecular formula is C36H43N3O8. The van der Waals surface area contributed by atoms with E-state index in [1.807, 2.05) is 59.5 Å². The number of hydrogen-bond acceptors (Lipinski definition) is 8. The van der Waals surface area contributed by atoms with Crippen molar-refractivity contribution in [2.75, 3.05) is 33.9 Å². The van der Waals surface area contributed by atoms with E-state index in [0.717, 1.165) is 35.6 Å². The van der Waals surface area contributed by atoms with Crippen molar-refractivity contribution in [3.05, 3.63) is 76.9 Å². The molecule has 1 unspecified atom stereocenters. The van der Waals surface area contributed by atoms with Crippen molar-refractivity contribution in [2.24, 2.45) is 5.73 Å². The first-order valence-corrected chi connectivity index (χ1v) is 16.0. The van der Waals surface area contributed by atoms with Crippen LogP contribution in [-0.2, 0) is 27.2 Å². The van der Waals surface area contributed by atoms with E-state index >= 15 is 0 Å². The fraction of sp³-hybridized carbons (Fsp3) is 0.417. The molecule has 250 valence electrons. The maximum atomic E-state index is 14.0. The normalized spacial score (nSPS) is 18.5. The maximum Gasteiger partial charge on any atom is 0.300 e. The van der Waals surface area contributed by atoms with Crippen molar-refractivity contribution in [1.29, 1.82) is 0 Å². The first-order chi connectivity index (χ1) is 22.6. The van der Waals surface area contributed by atoms with Gasteiger partial charge in [0.05, 0.1) is 32.4 Å². The minimum absolute atomic E-state index is 0.0129. The summed E-state index contributed by atoms with van der Waals surface area (Å²) in [7, 11) is 3.22. The lowest BCUT2D eigenvalue weighted by Gasteiger charge is -2.45. The second-order valence-electron chi connectivity index (χ2n) is 12.1. The summed E-state index contributed by atoms with van der Waals surface area (Å²) in [5.74, 6) is 2.12. The largest absolute Gasteiger partial charge is 0.493 e. The third-order valence-corrected chi connectivity index (χ3v) is 8.76. The van der Waals surface area contributed by atoms with E-state index in [0.29, 0.717) is 87.0 Å². The number of nitrogens with zero attached hydrogens (tertiary/aromatic N) is 1. The van der Waals surface area contributed by atoms with Crippen molar-refractivity contribution in [3.8, 4) is 28.7 Å². The average Bonchev–Trinajstić information content (AvgIpc) is 3.04. The Balaban J connectivity index is 0.00000103. The van der Waals surface area contributed by atoms with Gasteiger partial charge in [-0.1, -0.05) is 18.2 Å². The van der Waals surface area contributed by atoms with Crippen LogP contribution in [0.15, 0.2) is 54.6 Å². The molecule has 1 atom stereocenters. The quantitative estimate of drug-likeness (QED) is 0.366. The first-order valence-electron chi connectivity index (χ1n) is 16.0. The number of nitrogens with one attached hydrogen (secondary N) is 1. The summed E-state index contributed by atoms with van der Waals surface area (Å²) in [6.07, 6.45) is 4.59. The summed E-state index contributed by atoms with van der Waals surface area (Å²) in [4.78, 5) is 37.4. The minimum Gasteiger partial charge on any atom is -0.493 e. The number of rotatable bonds is 3. The molecule has 0 radical (unpaired) electrons. The Morgan fingerprint density at radius 2 is 1.74 bits per heavy atom. The van der Waals surface area contributed by atoms with Gasteiger partial charge < -0.3 is 40.0 Å². The molecule has 1 saturated carbocycles. The average molecular weight is 646 g/mol. The highest BCUT2D eigenvalue weighted by molar-refractivity contribution is 5.88. The number of aryl methyl sites for hydroxylation is 1. The van der Waals surface area contributed by atoms with Gasteiger partial charge in [-0.25, -0.2) is 0 Å². The molecule has 11 heteroatoms. The van der Waals surface area contributed by atoms with E-state index < -0.39 is 17.6 Å². The second-order valence-corrected chi connectivity index (χ2v) is 12.1. The number of hydrogen-bond donors (Lipinski definition) is 3. The van der Waals surface area contributed by atoms with Gasteiger partial charge >= 0.3 is 0 Å². The van der Waals surface area contributed by atoms with Crippen molar-refractivity contribution in [2.45, 2.75) is 63.5 Å². The van der Waals surface area contributed by atoms with Crippen LogP contribution >= 0.6 is 0 Å². The molecule has 3 aromatic rings. The number of methoxy groups -OCH3 is 2. The summed E-state index contributed by atoms with van der Waals surface area (Å²) >= 11 is 0. The van der Waals surface area contributed by atoms with Crippen LogP contribution in [0.1, 0.15) is 67.3 Å². The zero-order valence-electron chi connectivity index (χ0n) is 27.2. The Labute approximate surface area is 274 Å². The summed E-state index contributed by atoms with van der Waals surface area (Å²) < 4.78 is 24.0. The smallest absolute Gasteiger partial charge is 0.300 e. The topological polar surface area (TPSA) is 150 Å². The van der Waals surface area contributed by atoms with Crippen LogP contribution in [0.5, 0.6) is 28.7 Å². The highest BCUT2D eigenvalue weighted by atomic mass is 16.5. The molecule has 0 saturated heterocycles. The van der Waals surface area contributed by atoms with E-state index in [2.05, 4.69) is 5.32 Å². The third-order valence-electron chi connectivity index (χ3n) is 8.76. The molecule has 47 heavy (non-hydrogen) atoms. The highest BCUT2D eigenvalue weighted by Crippen LogP contribution is 2.45. The SMILES string of the molecule is CC(=O)O.COc1ccc2cc1OCCCNC(=O)CCc1cccc(c1)Oc1cc3c(cc1OC)C2N(C(=O)C1(N)CCC1)CC3. The van der Waals surface area contributed by atoms with Crippen LogP contribution in [0, 0.1) is 0 Å². The van der Waals surface area contributed by atoms with Gasteiger partial charge in [-0.3, -0.25) is 14.4 Å². The van der Waals surface area contributed by atoms with Gasteiger partial charge in [0.1, 0.15) is 5.75 Å². The summed E-state index contributed by atoms with van der Waals surface area (Å²) in [6.45, 7) is 2.51. The second kappa shape index (κ2) is 14.8. The minimum atomic E-state index is -0.838. The Morgan fingerprint density at radius 1 is 0.979 bits per heavy atom. The van der Waals surface area contributed by atoms with Crippen LogP contribution in [-0.4, -0.2) is 67.2 Å². The van der Waals surface area contributed by atoms with Crippen molar-refractivity contribution in [1.82, 2.24) is 10.2 Å². The van der Waals surface area contributed by atoms with Crippen molar-refractivity contribution >= 4 is 17.8 Å². The number of amides is 2. The maximum absolute atomic E-state index is 14.0. The first kappa shape index (κ1) is 33.6. The van der Waals surface area contributed by atoms with Gasteiger partial charge in [-0.15, -0.1) is 0 Å². The van der Waals surface area contributed by atoms with Gasteiger partial charge in [-0.2, -0.15) is 0 Å². The number of nitrogens with two attached hydrogens (primary N) is 1. The van der Waals surface area contributed by atoms with Gasteiger partial charge in [0.15, 0.2) is 23.0 Å². The fourth-order valence-corrected chi connectivity index (χ4v) is 6.20. The molecule has 8 bridgehead atoms. The molecule has 4 aliphatic rings. The van der Waals surface area contributed by atoms with Crippen LogP contribution in [0.3, 0.4) is 0 Å². The Kier molecular flexibility index (Phi) is 10.6. The number of fused-ring (bicyclic) bond motifs is 8. The summed E-state index contributed by atoms with van der Waals surface area (Å²) in [5, 5.41) is 10.4. The lowest BCUT2D eigenvalue weighted by Crippen LogP contribution is -2.61. The van der Waals surface area contributed by atoms with Crippen LogP contribution in [0.2, 0.25) is 0 Å². The molecule has 1 fully saturated rings. The number of carboxylic acids is 1. The number of carboxylic acid groups (broad SMARTS) is 1. The fourth-order valence-electron chi connectivity index (χ4n) is 6.20. The molecule has 11 nitrogen and oxygen atoms in total. The zero-order valence-corrected chi connectivity index (χ0v) is 27.2. The van der Waals surface area contributed by atoms with Crippen LogP contribution < -0.4 is 30.0 Å². The Morgan fingerprint density at radius 3 is 2.45 bits per heavy atom. The number of carbonyl (C=O) groups excluding carboxylic acids is 2. The summed E-state index contributed by atoms with van der Waals surface area (Å²) in [6, 6.07) is 17.2. The Bertz CT molecular complexity index is 1620. The predicted octanol–water partition coefficient (Wildman–Crippen LogP) is 4.77. The van der Waals surface area contributed by atoms with Crippen LogP contribution in [0.4, 0.5) is 0 Å². The molecule has 3 aliphatic heterocycles. The Hall–Kier alpha value is -4.77. The standard InChI is InChI=1S/C34H39N3O6.C2H4O2/c1-40-27-10-9-24-20-29(27)42-17-5-15-36-31(38)11-8-22-6-3-7-25(18-22)43-30-19-23-12-16-37(33(39)34(35)13-4-14-34)32(24)26(23)21-28(30)41-2;1-2(3)4/h3,6-7,9-10,18-21,32H,4-5,8,11-17,35H2,1-2H3,(H,36,38);1H3,(H,3,4). The van der Waals surface area contributed by atoms with E-state index in [1.165, 1.54) is 0 Å². The number of carbonyl (C=O) groups is 3. The van der Waals surface area contributed by atoms with E-state index in [4.69, 9.17) is 34.6 Å². The molecule has 4 N–H and O–H groups in total. The molecule has 0 spiro atoms. The molecular weight excluding hydrogens is 602 g/mol. The molecule has 3 heterocycles. The summed E-state index contributed by atoms with van der Waals surface area (Å²) in [5.41, 5.74) is 9.70. The predicted molar refractivity (Wildman–Crippen MR) is 175 cm³/mol. The number of aliphatic carboxylic acids is 1. The number of benzene rings is 3. The molecule has 3 aromatic carbocycles. The lowest BCUT2D eigenvalue weighted by atomic mass is 9.75. The van der Waals surface area contributed by atoms with E-state index in [1.54, 1.807) is 14.2 Å². The monoisotopic (exact) mass is 645 g/mol. The van der Waals surface area contributed by atoms with Crippen LogP contribution in [0.25, 0.3) is 0 Å². The molecule has 2 amide bonds. The van der Waals surface area contributed by atoms with E-state index in [-0.39, 0.29) is 11.8 Å². The third kappa shape index (κ3) is 7.79. The van der Waals surface area contributed by atoms with Gasteiger partial charge in [0, 0.05) is 26.4 Å². The van der Waals surface area contributed by atoms with E-state index in [9.17, 15) is 9.59 Å². The van der Waals surface area contributed by atoms with Gasteiger partial charge in [0.25, 0.3) is 5.97 Å². The number of ether oxygens (including phenoxy) is 4. The zero-order chi connectivity index (χ0) is 33.6. The van der Waals surface area contributed by atoms with Crippen molar-refractivity contribution < 1.29 is 38.4 Å². The molecule has 0 aromatic heterocycles. The van der Waals surface area contributed by atoms with Gasteiger partial charge in [0.2, 0.25) is 11.8 Å². The molecule has 1 aliphatic carbocycles. The highest BCUT2D eigenvalue weighted by Gasteiger charge is 2.46. The van der Waals surface area contributed by atoms with Crippen molar-refractivity contribution in [3.63, 3.8) is 0 Å². The van der Waals surface area contributed by atoms with Gasteiger partial charge in [-0.05, 0) is 97.2 Å². The molecule has 7 rings (SSSR count). The lowest BCUT2D eigenvalue weighted by molar-refractivity contribution is -0.142.